The van der Waals surface area contributed by atoms with E-state index in [1.807, 2.05) is 36.4 Å². The Labute approximate surface area is 122 Å². The van der Waals surface area contributed by atoms with Gasteiger partial charge >= 0.3 is 13.2 Å². The molecule has 2 aromatic carbocycles. The Bertz CT molecular complexity index is 647. The lowest BCUT2D eigenvalue weighted by Crippen LogP contribution is -2.28. The molecule has 6 heteroatoms. The summed E-state index contributed by atoms with van der Waals surface area (Å²) < 4.78 is 10.2. The molecule has 0 atom stereocenters. The maximum absolute atomic E-state index is 11.7. The fourth-order valence-electron chi connectivity index (χ4n) is 2.17. The van der Waals surface area contributed by atoms with Gasteiger partial charge in [-0.1, -0.05) is 36.4 Å². The van der Waals surface area contributed by atoms with Crippen LogP contribution in [-0.4, -0.2) is 18.2 Å². The Morgan fingerprint density at radius 3 is 2.90 bits per heavy atom. The minimum atomic E-state index is -0.929. The SMILES string of the molecule is O=C(Nc1ccc2c(c1)B(O)OC2)OCc1ccccc1. The predicted octanol–water partition coefficient (Wildman–Crippen LogP) is 1.65. The number of benzene rings is 2. The topological polar surface area (TPSA) is 67.8 Å². The molecule has 2 aromatic rings. The lowest BCUT2D eigenvalue weighted by atomic mass is 9.79. The maximum atomic E-state index is 11.7. The van der Waals surface area contributed by atoms with Crippen LogP contribution in [0.2, 0.25) is 0 Å². The third-order valence-electron chi connectivity index (χ3n) is 3.27. The van der Waals surface area contributed by atoms with Gasteiger partial charge in [0.05, 0.1) is 6.61 Å². The van der Waals surface area contributed by atoms with Crippen molar-refractivity contribution in [3.8, 4) is 0 Å². The van der Waals surface area contributed by atoms with Crippen LogP contribution in [0.1, 0.15) is 11.1 Å². The number of carbonyl (C=O) groups is 1. The Morgan fingerprint density at radius 2 is 2.10 bits per heavy atom. The predicted molar refractivity (Wildman–Crippen MR) is 79.1 cm³/mol. The van der Waals surface area contributed by atoms with Gasteiger partial charge in [0.25, 0.3) is 0 Å². The zero-order chi connectivity index (χ0) is 14.7. The fraction of sp³-hybridized carbons (Fsp3) is 0.133. The molecule has 21 heavy (non-hydrogen) atoms. The van der Waals surface area contributed by atoms with E-state index >= 15 is 0 Å². The molecule has 0 saturated heterocycles. The summed E-state index contributed by atoms with van der Waals surface area (Å²) in [7, 11) is -0.929. The summed E-state index contributed by atoms with van der Waals surface area (Å²) in [6, 6.07) is 14.7. The maximum Gasteiger partial charge on any atom is 0.491 e. The molecule has 3 rings (SSSR count). The van der Waals surface area contributed by atoms with E-state index in [9.17, 15) is 9.82 Å². The highest BCUT2D eigenvalue weighted by molar-refractivity contribution is 6.61. The second kappa shape index (κ2) is 5.99. The van der Waals surface area contributed by atoms with E-state index in [1.54, 1.807) is 12.1 Å². The van der Waals surface area contributed by atoms with Crippen LogP contribution in [0.15, 0.2) is 48.5 Å². The van der Waals surface area contributed by atoms with Crippen molar-refractivity contribution >= 4 is 24.4 Å². The first-order chi connectivity index (χ1) is 10.2. The second-order valence-corrected chi connectivity index (χ2v) is 4.76. The first-order valence-electron chi connectivity index (χ1n) is 6.62. The standard InChI is InChI=1S/C15H14BNO4/c18-15(20-9-11-4-2-1-3-5-11)17-13-7-6-12-10-21-16(19)14(12)8-13/h1-8,19H,9-10H2,(H,17,18). The van der Waals surface area contributed by atoms with E-state index in [4.69, 9.17) is 9.39 Å². The van der Waals surface area contributed by atoms with Crippen molar-refractivity contribution in [1.29, 1.82) is 0 Å². The number of anilines is 1. The molecule has 0 aromatic heterocycles. The highest BCUT2D eigenvalue weighted by atomic mass is 16.5. The van der Waals surface area contributed by atoms with Crippen LogP contribution in [0.4, 0.5) is 10.5 Å². The Hall–Kier alpha value is -2.31. The van der Waals surface area contributed by atoms with E-state index in [-0.39, 0.29) is 6.61 Å². The lowest BCUT2D eigenvalue weighted by molar-refractivity contribution is 0.155. The zero-order valence-corrected chi connectivity index (χ0v) is 11.3. The Balaban J connectivity index is 1.59. The molecule has 1 amide bonds. The highest BCUT2D eigenvalue weighted by Crippen LogP contribution is 2.14. The van der Waals surface area contributed by atoms with Crippen molar-refractivity contribution in [3.63, 3.8) is 0 Å². The van der Waals surface area contributed by atoms with Crippen LogP contribution in [0.3, 0.4) is 0 Å². The van der Waals surface area contributed by atoms with Gasteiger partial charge in [-0.05, 0) is 28.7 Å². The number of amides is 1. The van der Waals surface area contributed by atoms with Crippen molar-refractivity contribution in [3.05, 3.63) is 59.7 Å². The second-order valence-electron chi connectivity index (χ2n) is 4.76. The third kappa shape index (κ3) is 3.24. The molecule has 0 spiro atoms. The minimum Gasteiger partial charge on any atom is -0.444 e. The molecule has 0 bridgehead atoms. The summed E-state index contributed by atoms with van der Waals surface area (Å²) in [5, 5.41) is 12.3. The summed E-state index contributed by atoms with van der Waals surface area (Å²) in [6.45, 7) is 0.596. The van der Waals surface area contributed by atoms with Crippen LogP contribution >= 0.6 is 0 Å². The number of hydrogen-bond donors (Lipinski definition) is 2. The molecule has 0 aliphatic carbocycles. The van der Waals surface area contributed by atoms with Gasteiger partial charge in [0.15, 0.2) is 0 Å². The van der Waals surface area contributed by atoms with Crippen molar-refractivity contribution in [1.82, 2.24) is 0 Å². The normalized spacial score (nSPS) is 12.9. The molecule has 5 nitrogen and oxygen atoms in total. The molecule has 0 saturated carbocycles. The van der Waals surface area contributed by atoms with Crippen molar-refractivity contribution < 1.29 is 19.2 Å². The monoisotopic (exact) mass is 283 g/mol. The molecule has 2 N–H and O–H groups in total. The summed E-state index contributed by atoms with van der Waals surface area (Å²) in [5.41, 5.74) is 3.09. The Kier molecular flexibility index (Phi) is 3.90. The lowest BCUT2D eigenvalue weighted by Gasteiger charge is -2.08. The molecule has 1 heterocycles. The van der Waals surface area contributed by atoms with E-state index < -0.39 is 13.2 Å². The van der Waals surface area contributed by atoms with Gasteiger partial charge in [-0.25, -0.2) is 4.79 Å². The van der Waals surface area contributed by atoms with E-state index in [1.165, 1.54) is 0 Å². The van der Waals surface area contributed by atoms with Gasteiger partial charge in [-0.3, -0.25) is 5.32 Å². The molecule has 1 aliphatic heterocycles. The van der Waals surface area contributed by atoms with Crippen LogP contribution in [0.5, 0.6) is 0 Å². The van der Waals surface area contributed by atoms with Crippen molar-refractivity contribution in [2.24, 2.45) is 0 Å². The van der Waals surface area contributed by atoms with Gasteiger partial charge in [-0.2, -0.15) is 0 Å². The average molecular weight is 283 g/mol. The molecule has 1 aliphatic rings. The van der Waals surface area contributed by atoms with Gasteiger partial charge in [0.1, 0.15) is 6.61 Å². The van der Waals surface area contributed by atoms with Gasteiger partial charge < -0.3 is 14.4 Å². The number of fused-ring (bicyclic) bond motifs is 1. The minimum absolute atomic E-state index is 0.212. The summed E-state index contributed by atoms with van der Waals surface area (Å²) in [4.78, 5) is 11.7. The molecule has 0 unspecified atom stereocenters. The quantitative estimate of drug-likeness (QED) is 0.840. The molecular weight excluding hydrogens is 269 g/mol. The molecule has 0 fully saturated rings. The molecular formula is C15H14BNO4. The van der Waals surface area contributed by atoms with Gasteiger partial charge in [-0.15, -0.1) is 0 Å². The van der Waals surface area contributed by atoms with Crippen molar-refractivity contribution in [2.45, 2.75) is 13.2 Å². The van der Waals surface area contributed by atoms with Gasteiger partial charge in [0.2, 0.25) is 0 Å². The number of ether oxygens (including phenoxy) is 1. The number of hydrogen-bond acceptors (Lipinski definition) is 4. The smallest absolute Gasteiger partial charge is 0.444 e. The van der Waals surface area contributed by atoms with Crippen LogP contribution < -0.4 is 10.8 Å². The number of rotatable bonds is 3. The largest absolute Gasteiger partial charge is 0.491 e. The average Bonchev–Trinajstić information content (AvgIpc) is 2.87. The molecule has 106 valence electrons. The zero-order valence-electron chi connectivity index (χ0n) is 11.3. The van der Waals surface area contributed by atoms with Crippen LogP contribution in [-0.2, 0) is 22.6 Å². The Morgan fingerprint density at radius 1 is 1.29 bits per heavy atom. The first kappa shape index (κ1) is 13.7. The third-order valence-corrected chi connectivity index (χ3v) is 3.27. The molecule has 0 radical (unpaired) electrons. The van der Waals surface area contributed by atoms with Crippen molar-refractivity contribution in [2.75, 3.05) is 5.32 Å². The van der Waals surface area contributed by atoms with E-state index in [2.05, 4.69) is 5.32 Å². The van der Waals surface area contributed by atoms with E-state index in [0.717, 1.165) is 11.1 Å². The fourth-order valence-corrected chi connectivity index (χ4v) is 2.17. The highest BCUT2D eigenvalue weighted by Gasteiger charge is 2.27. The first-order valence-corrected chi connectivity index (χ1v) is 6.62. The summed E-state index contributed by atoms with van der Waals surface area (Å²) >= 11 is 0. The van der Waals surface area contributed by atoms with Gasteiger partial charge in [0, 0.05) is 5.69 Å². The summed E-state index contributed by atoms with van der Waals surface area (Å²) in [5.74, 6) is 0. The number of nitrogens with one attached hydrogen (secondary N) is 1. The summed E-state index contributed by atoms with van der Waals surface area (Å²) in [6.07, 6.45) is -0.535. The van der Waals surface area contributed by atoms with Crippen LogP contribution in [0, 0.1) is 0 Å². The van der Waals surface area contributed by atoms with Crippen LogP contribution in [0.25, 0.3) is 0 Å². The number of carbonyl (C=O) groups excluding carboxylic acids is 1. The van der Waals surface area contributed by atoms with E-state index in [0.29, 0.717) is 17.8 Å².